The summed E-state index contributed by atoms with van der Waals surface area (Å²) in [4.78, 5) is 13.9. The minimum atomic E-state index is 0.612. The van der Waals surface area contributed by atoms with Crippen molar-refractivity contribution in [3.8, 4) is 0 Å². The molecule has 3 rings (SSSR count). The predicted octanol–water partition coefficient (Wildman–Crippen LogP) is 3.85. The van der Waals surface area contributed by atoms with E-state index >= 15 is 0 Å². The number of H-pyrrole nitrogens is 1. The van der Waals surface area contributed by atoms with Crippen molar-refractivity contribution >= 4 is 28.2 Å². The number of aromatic amines is 1. The minimum absolute atomic E-state index is 0.612. The third kappa shape index (κ3) is 4.25. The zero-order valence-corrected chi connectivity index (χ0v) is 16.8. The van der Waals surface area contributed by atoms with E-state index in [0.29, 0.717) is 6.54 Å². The Labute approximate surface area is 159 Å². The highest BCUT2D eigenvalue weighted by Gasteiger charge is 2.07. The molecule has 26 heavy (non-hydrogen) atoms. The Morgan fingerprint density at radius 2 is 2.08 bits per heavy atom. The van der Waals surface area contributed by atoms with Crippen LogP contribution in [0.3, 0.4) is 0 Å². The van der Waals surface area contributed by atoms with E-state index in [2.05, 4.69) is 70.8 Å². The van der Waals surface area contributed by atoms with Crippen molar-refractivity contribution in [2.45, 2.75) is 40.7 Å². The Morgan fingerprint density at radius 1 is 1.23 bits per heavy atom. The van der Waals surface area contributed by atoms with Crippen LogP contribution >= 0.6 is 11.3 Å². The van der Waals surface area contributed by atoms with Crippen LogP contribution in [0.5, 0.6) is 0 Å². The first-order valence-corrected chi connectivity index (χ1v) is 9.90. The molecule has 0 aliphatic rings. The molecule has 0 saturated carbocycles. The van der Waals surface area contributed by atoms with Crippen LogP contribution in [0.15, 0.2) is 29.4 Å². The van der Waals surface area contributed by atoms with Gasteiger partial charge in [-0.25, -0.2) is 9.98 Å². The SMILES string of the molecule is CCNC(=NCc1nc(C)c(C)s1)NCCc1c[nH]c2cccc(C)c12. The summed E-state index contributed by atoms with van der Waals surface area (Å²) in [5, 5.41) is 9.15. The molecule has 2 aromatic heterocycles. The molecule has 0 fully saturated rings. The van der Waals surface area contributed by atoms with Crippen LogP contribution in [0.25, 0.3) is 10.9 Å². The van der Waals surface area contributed by atoms with E-state index in [-0.39, 0.29) is 0 Å². The van der Waals surface area contributed by atoms with Crippen molar-refractivity contribution in [1.82, 2.24) is 20.6 Å². The second-order valence-electron chi connectivity index (χ2n) is 6.43. The molecule has 0 atom stereocenters. The summed E-state index contributed by atoms with van der Waals surface area (Å²) in [6.07, 6.45) is 3.06. The van der Waals surface area contributed by atoms with Crippen LogP contribution in [0.2, 0.25) is 0 Å². The molecule has 5 nitrogen and oxygen atoms in total. The van der Waals surface area contributed by atoms with Gasteiger partial charge in [0.15, 0.2) is 5.96 Å². The molecule has 0 spiro atoms. The van der Waals surface area contributed by atoms with Crippen molar-refractivity contribution in [2.24, 2.45) is 4.99 Å². The third-order valence-corrected chi connectivity index (χ3v) is 5.53. The lowest BCUT2D eigenvalue weighted by atomic mass is 10.1. The number of aromatic nitrogens is 2. The first-order chi connectivity index (χ1) is 12.6. The van der Waals surface area contributed by atoms with Crippen molar-refractivity contribution in [1.29, 1.82) is 0 Å². The topological polar surface area (TPSA) is 65.1 Å². The van der Waals surface area contributed by atoms with E-state index < -0.39 is 0 Å². The van der Waals surface area contributed by atoms with Gasteiger partial charge in [0.05, 0.1) is 12.2 Å². The molecule has 1 aromatic carbocycles. The van der Waals surface area contributed by atoms with Gasteiger partial charge >= 0.3 is 0 Å². The van der Waals surface area contributed by atoms with Gasteiger partial charge in [-0.1, -0.05) is 12.1 Å². The smallest absolute Gasteiger partial charge is 0.191 e. The molecular weight excluding hydrogens is 342 g/mol. The summed E-state index contributed by atoms with van der Waals surface area (Å²) >= 11 is 1.72. The summed E-state index contributed by atoms with van der Waals surface area (Å²) in [5.41, 5.74) is 4.96. The molecule has 0 aliphatic heterocycles. The van der Waals surface area contributed by atoms with E-state index in [0.717, 1.165) is 36.2 Å². The lowest BCUT2D eigenvalue weighted by Crippen LogP contribution is -2.38. The second kappa shape index (κ2) is 8.36. The Kier molecular flexibility index (Phi) is 5.93. The standard InChI is InChI=1S/C20H27N5S/c1-5-21-20(24-12-18-25-14(3)15(4)26-18)22-10-9-16-11-23-17-8-6-7-13(2)19(16)17/h6-8,11,23H,5,9-10,12H2,1-4H3,(H2,21,22,24). The molecule has 138 valence electrons. The average Bonchev–Trinajstić information content (AvgIpc) is 3.17. The van der Waals surface area contributed by atoms with Crippen molar-refractivity contribution in [2.75, 3.05) is 13.1 Å². The monoisotopic (exact) mass is 369 g/mol. The van der Waals surface area contributed by atoms with Gasteiger partial charge in [-0.3, -0.25) is 0 Å². The molecular formula is C20H27N5S. The maximum Gasteiger partial charge on any atom is 0.191 e. The largest absolute Gasteiger partial charge is 0.361 e. The molecule has 0 saturated heterocycles. The Bertz CT molecular complexity index is 887. The van der Waals surface area contributed by atoms with Gasteiger partial charge in [-0.2, -0.15) is 0 Å². The highest BCUT2D eigenvalue weighted by molar-refractivity contribution is 7.11. The summed E-state index contributed by atoms with van der Waals surface area (Å²) in [5.74, 6) is 0.842. The normalized spacial score (nSPS) is 11.9. The number of nitrogens with one attached hydrogen (secondary N) is 3. The number of hydrogen-bond donors (Lipinski definition) is 3. The molecule has 2 heterocycles. The number of rotatable bonds is 6. The molecule has 0 bridgehead atoms. The van der Waals surface area contributed by atoms with Crippen molar-refractivity contribution in [3.63, 3.8) is 0 Å². The van der Waals surface area contributed by atoms with Gasteiger partial charge in [-0.15, -0.1) is 11.3 Å². The fourth-order valence-electron chi connectivity index (χ4n) is 3.06. The third-order valence-electron chi connectivity index (χ3n) is 4.47. The zero-order valence-electron chi connectivity index (χ0n) is 15.9. The van der Waals surface area contributed by atoms with Crippen LogP contribution in [-0.2, 0) is 13.0 Å². The van der Waals surface area contributed by atoms with E-state index in [1.54, 1.807) is 11.3 Å². The quantitative estimate of drug-likeness (QED) is 0.457. The van der Waals surface area contributed by atoms with Gasteiger partial charge in [-0.05, 0) is 51.3 Å². The maximum atomic E-state index is 4.67. The molecule has 3 aromatic rings. The number of nitrogens with zero attached hydrogens (tertiary/aromatic N) is 2. The van der Waals surface area contributed by atoms with Crippen molar-refractivity contribution < 1.29 is 0 Å². The van der Waals surface area contributed by atoms with Crippen LogP contribution < -0.4 is 10.6 Å². The van der Waals surface area contributed by atoms with Gasteiger partial charge in [0.25, 0.3) is 0 Å². The maximum absolute atomic E-state index is 4.67. The van der Waals surface area contributed by atoms with Gasteiger partial charge < -0.3 is 15.6 Å². The molecule has 0 aliphatic carbocycles. The first-order valence-electron chi connectivity index (χ1n) is 9.09. The lowest BCUT2D eigenvalue weighted by Gasteiger charge is -2.11. The Morgan fingerprint density at radius 3 is 2.81 bits per heavy atom. The van der Waals surface area contributed by atoms with E-state index in [4.69, 9.17) is 0 Å². The first kappa shape index (κ1) is 18.5. The number of guanidine groups is 1. The number of hydrogen-bond acceptors (Lipinski definition) is 3. The molecule has 0 radical (unpaired) electrons. The minimum Gasteiger partial charge on any atom is -0.361 e. The summed E-state index contributed by atoms with van der Waals surface area (Å²) < 4.78 is 0. The van der Waals surface area contributed by atoms with Gasteiger partial charge in [0, 0.05) is 35.1 Å². The van der Waals surface area contributed by atoms with Crippen LogP contribution in [-0.4, -0.2) is 29.0 Å². The highest BCUT2D eigenvalue weighted by Crippen LogP contribution is 2.22. The second-order valence-corrected chi connectivity index (χ2v) is 7.72. The molecule has 3 N–H and O–H groups in total. The summed E-state index contributed by atoms with van der Waals surface area (Å²) in [6.45, 7) is 10.7. The Hall–Kier alpha value is -2.34. The molecule has 0 amide bonds. The summed E-state index contributed by atoms with van der Waals surface area (Å²) in [7, 11) is 0. The number of aliphatic imine (C=N–C) groups is 1. The molecule has 0 unspecified atom stereocenters. The number of fused-ring (bicyclic) bond motifs is 1. The van der Waals surface area contributed by atoms with Gasteiger partial charge in [0.1, 0.15) is 5.01 Å². The molecule has 6 heteroatoms. The van der Waals surface area contributed by atoms with Crippen LogP contribution in [0.1, 0.15) is 33.6 Å². The Balaban J connectivity index is 1.62. The van der Waals surface area contributed by atoms with Crippen LogP contribution in [0, 0.1) is 20.8 Å². The fraction of sp³-hybridized carbons (Fsp3) is 0.400. The zero-order chi connectivity index (χ0) is 18.5. The predicted molar refractivity (Wildman–Crippen MR) is 111 cm³/mol. The summed E-state index contributed by atoms with van der Waals surface area (Å²) in [6, 6.07) is 6.38. The number of aryl methyl sites for hydroxylation is 3. The van der Waals surface area contributed by atoms with E-state index in [1.165, 1.54) is 26.9 Å². The van der Waals surface area contributed by atoms with Gasteiger partial charge in [0.2, 0.25) is 0 Å². The highest BCUT2D eigenvalue weighted by atomic mass is 32.1. The fourth-order valence-corrected chi connectivity index (χ4v) is 3.92. The van der Waals surface area contributed by atoms with E-state index in [9.17, 15) is 0 Å². The number of benzene rings is 1. The van der Waals surface area contributed by atoms with Crippen LogP contribution in [0.4, 0.5) is 0 Å². The van der Waals surface area contributed by atoms with E-state index in [1.807, 2.05) is 6.92 Å². The number of thiazole rings is 1. The lowest BCUT2D eigenvalue weighted by molar-refractivity contribution is 0.800. The average molecular weight is 370 g/mol. The van der Waals surface area contributed by atoms with Crippen molar-refractivity contribution in [3.05, 3.63) is 51.1 Å².